The van der Waals surface area contributed by atoms with E-state index in [0.29, 0.717) is 33.8 Å². The van der Waals surface area contributed by atoms with Crippen molar-refractivity contribution in [1.82, 2.24) is 5.32 Å². The molecule has 3 aromatic carbocycles. The number of sulfonamides is 1. The number of amides is 1. The van der Waals surface area contributed by atoms with Gasteiger partial charge in [-0.3, -0.25) is 9.52 Å². The number of hydrogen-bond acceptors (Lipinski definition) is 4. The van der Waals surface area contributed by atoms with E-state index in [4.69, 9.17) is 34.8 Å². The second kappa shape index (κ2) is 11.7. The number of nitrogens with one attached hydrogen (secondary N) is 2. The predicted octanol–water partition coefficient (Wildman–Crippen LogP) is 6.73. The monoisotopic (exact) mass is 556 g/mol. The average Bonchev–Trinajstić information content (AvgIpc) is 2.77. The maximum absolute atomic E-state index is 13.0. The third-order valence-corrected chi connectivity index (χ3v) is 8.36. The van der Waals surface area contributed by atoms with Gasteiger partial charge in [0.25, 0.3) is 15.9 Å². The highest BCUT2D eigenvalue weighted by atomic mass is 35.5. The summed E-state index contributed by atoms with van der Waals surface area (Å²) in [4.78, 5) is 12.4. The minimum absolute atomic E-state index is 0.0317. The molecule has 0 fully saturated rings. The normalized spacial score (nSPS) is 11.3. The topological polar surface area (TPSA) is 75.3 Å². The Morgan fingerprint density at radius 2 is 1.71 bits per heavy atom. The van der Waals surface area contributed by atoms with Gasteiger partial charge in [-0.15, -0.1) is 0 Å². The van der Waals surface area contributed by atoms with E-state index in [1.807, 2.05) is 32.0 Å². The van der Waals surface area contributed by atoms with Crippen molar-refractivity contribution in [3.8, 4) is 0 Å². The van der Waals surface area contributed by atoms with Crippen molar-refractivity contribution in [2.45, 2.75) is 24.5 Å². The second-order valence-corrected chi connectivity index (χ2v) is 11.6. The molecule has 0 aliphatic rings. The van der Waals surface area contributed by atoms with Crippen LogP contribution >= 0.6 is 46.6 Å². The van der Waals surface area contributed by atoms with Gasteiger partial charge in [0.1, 0.15) is 4.90 Å². The highest BCUT2D eigenvalue weighted by Crippen LogP contribution is 2.27. The van der Waals surface area contributed by atoms with Crippen molar-refractivity contribution in [1.29, 1.82) is 0 Å². The molecule has 0 atom stereocenters. The minimum atomic E-state index is -3.99. The third-order valence-electron chi connectivity index (χ3n) is 4.91. The summed E-state index contributed by atoms with van der Waals surface area (Å²) in [5, 5.41) is 4.02. The Balaban J connectivity index is 1.61. The molecule has 0 saturated carbocycles. The number of halogens is 3. The summed E-state index contributed by atoms with van der Waals surface area (Å²) in [6.07, 6.45) is 0. The van der Waals surface area contributed by atoms with Gasteiger partial charge >= 0.3 is 0 Å². The van der Waals surface area contributed by atoms with Gasteiger partial charge in [-0.1, -0.05) is 58.6 Å². The van der Waals surface area contributed by atoms with E-state index in [1.54, 1.807) is 30.0 Å². The van der Waals surface area contributed by atoms with Gasteiger partial charge in [-0.05, 0) is 61.4 Å². The molecule has 180 valence electrons. The molecule has 3 aromatic rings. The summed E-state index contributed by atoms with van der Waals surface area (Å²) in [7, 11) is -3.99. The summed E-state index contributed by atoms with van der Waals surface area (Å²) >= 11 is 19.9. The number of rotatable bonds is 9. The number of aryl methyl sites for hydroxylation is 2. The van der Waals surface area contributed by atoms with Crippen molar-refractivity contribution in [3.63, 3.8) is 0 Å². The van der Waals surface area contributed by atoms with Crippen LogP contribution in [0.4, 0.5) is 5.69 Å². The van der Waals surface area contributed by atoms with Crippen molar-refractivity contribution in [2.75, 3.05) is 17.0 Å². The first-order chi connectivity index (χ1) is 16.1. The van der Waals surface area contributed by atoms with Crippen molar-refractivity contribution < 1.29 is 13.2 Å². The molecular formula is C24H23Cl3N2O3S2. The molecule has 5 nitrogen and oxygen atoms in total. The summed E-state index contributed by atoms with van der Waals surface area (Å²) in [6.45, 7) is 4.14. The van der Waals surface area contributed by atoms with E-state index in [2.05, 4.69) is 10.0 Å². The highest BCUT2D eigenvalue weighted by molar-refractivity contribution is 7.98. The van der Waals surface area contributed by atoms with Gasteiger partial charge in [-0.2, -0.15) is 11.8 Å². The molecule has 0 saturated heterocycles. The SMILES string of the molecule is Cc1ccc(NS(=O)(=O)c2cc(C(=O)NCCSCc3ccc(Cl)cc3Cl)ccc2Cl)c(C)c1. The Hall–Kier alpha value is -1.90. The molecule has 0 bridgehead atoms. The lowest BCUT2D eigenvalue weighted by atomic mass is 10.1. The zero-order valence-corrected chi connectivity index (χ0v) is 22.4. The Labute approximate surface area is 219 Å². The van der Waals surface area contributed by atoms with E-state index in [0.717, 1.165) is 16.7 Å². The fourth-order valence-electron chi connectivity index (χ4n) is 3.14. The van der Waals surface area contributed by atoms with E-state index in [9.17, 15) is 13.2 Å². The molecule has 3 rings (SSSR count). The molecule has 2 N–H and O–H groups in total. The van der Waals surface area contributed by atoms with Crippen molar-refractivity contribution in [3.05, 3.63) is 91.9 Å². The number of benzene rings is 3. The lowest BCUT2D eigenvalue weighted by Crippen LogP contribution is -2.26. The smallest absolute Gasteiger partial charge is 0.263 e. The van der Waals surface area contributed by atoms with Gasteiger partial charge in [-0.25, -0.2) is 8.42 Å². The van der Waals surface area contributed by atoms with Crippen LogP contribution in [0.1, 0.15) is 27.0 Å². The first-order valence-electron chi connectivity index (χ1n) is 10.3. The zero-order valence-electron chi connectivity index (χ0n) is 18.5. The molecule has 1 amide bonds. The van der Waals surface area contributed by atoms with E-state index in [1.165, 1.54) is 18.2 Å². The van der Waals surface area contributed by atoms with Gasteiger partial charge in [0.05, 0.1) is 10.7 Å². The number of carbonyl (C=O) groups is 1. The standard InChI is InChI=1S/C24H23Cl3N2O3S2/c1-15-3-8-22(16(2)11-15)29-34(31,32)23-12-17(5-7-20(23)26)24(30)28-9-10-33-14-18-4-6-19(25)13-21(18)27/h3-8,11-13,29H,9-10,14H2,1-2H3,(H,28,30). The van der Waals surface area contributed by atoms with Crippen LogP contribution < -0.4 is 10.0 Å². The first-order valence-corrected chi connectivity index (χ1v) is 14.0. The van der Waals surface area contributed by atoms with E-state index >= 15 is 0 Å². The average molecular weight is 558 g/mol. The maximum atomic E-state index is 13.0. The molecule has 0 aliphatic heterocycles. The Morgan fingerprint density at radius 1 is 0.941 bits per heavy atom. The number of carbonyl (C=O) groups excluding carboxylic acids is 1. The molecule has 0 spiro atoms. The number of thioether (sulfide) groups is 1. The molecule has 10 heteroatoms. The van der Waals surface area contributed by atoms with Crippen LogP contribution in [0.2, 0.25) is 15.1 Å². The Bertz CT molecular complexity index is 1310. The molecule has 0 radical (unpaired) electrons. The predicted molar refractivity (Wildman–Crippen MR) is 143 cm³/mol. The van der Waals surface area contributed by atoms with Gasteiger partial charge in [0, 0.05) is 33.7 Å². The van der Waals surface area contributed by atoms with Crippen LogP contribution in [-0.4, -0.2) is 26.6 Å². The van der Waals surface area contributed by atoms with Crippen LogP contribution in [-0.2, 0) is 15.8 Å². The van der Waals surface area contributed by atoms with Crippen LogP contribution in [0.25, 0.3) is 0 Å². The zero-order chi connectivity index (χ0) is 24.9. The summed E-state index contributed by atoms with van der Waals surface area (Å²) < 4.78 is 28.5. The van der Waals surface area contributed by atoms with E-state index < -0.39 is 10.0 Å². The number of hydrogen-bond donors (Lipinski definition) is 2. The Morgan fingerprint density at radius 3 is 2.41 bits per heavy atom. The fourth-order valence-corrected chi connectivity index (χ4v) is 6.21. The van der Waals surface area contributed by atoms with Crippen molar-refractivity contribution >= 4 is 68.2 Å². The molecule has 0 unspecified atom stereocenters. The first kappa shape index (κ1) is 26.7. The summed E-state index contributed by atoms with van der Waals surface area (Å²) in [5.74, 6) is 0.946. The largest absolute Gasteiger partial charge is 0.351 e. The van der Waals surface area contributed by atoms with Crippen LogP contribution in [0.15, 0.2) is 59.5 Å². The lowest BCUT2D eigenvalue weighted by molar-refractivity contribution is 0.0956. The molecule has 0 heterocycles. The molecular weight excluding hydrogens is 535 g/mol. The van der Waals surface area contributed by atoms with E-state index in [-0.39, 0.29) is 21.4 Å². The quantitative estimate of drug-likeness (QED) is 0.286. The summed E-state index contributed by atoms with van der Waals surface area (Å²) in [6, 6.07) is 14.9. The van der Waals surface area contributed by atoms with Crippen LogP contribution in [0, 0.1) is 13.8 Å². The maximum Gasteiger partial charge on any atom is 0.263 e. The lowest BCUT2D eigenvalue weighted by Gasteiger charge is -2.13. The van der Waals surface area contributed by atoms with Crippen LogP contribution in [0.5, 0.6) is 0 Å². The third kappa shape index (κ3) is 7.06. The molecule has 34 heavy (non-hydrogen) atoms. The van der Waals surface area contributed by atoms with Crippen molar-refractivity contribution in [2.24, 2.45) is 0 Å². The summed E-state index contributed by atoms with van der Waals surface area (Å²) in [5.41, 5.74) is 3.43. The van der Waals surface area contributed by atoms with Crippen LogP contribution in [0.3, 0.4) is 0 Å². The minimum Gasteiger partial charge on any atom is -0.351 e. The second-order valence-electron chi connectivity index (χ2n) is 7.61. The van der Waals surface area contributed by atoms with Gasteiger partial charge < -0.3 is 5.32 Å². The molecule has 0 aliphatic carbocycles. The van der Waals surface area contributed by atoms with Gasteiger partial charge in [0.2, 0.25) is 0 Å². The molecule has 0 aromatic heterocycles. The fraction of sp³-hybridized carbons (Fsp3) is 0.208. The van der Waals surface area contributed by atoms with Gasteiger partial charge in [0.15, 0.2) is 0 Å². The Kier molecular flexibility index (Phi) is 9.18. The highest BCUT2D eigenvalue weighted by Gasteiger charge is 2.21. The number of anilines is 1.